The third-order valence-corrected chi connectivity index (χ3v) is 4.91. The first-order valence-electron chi connectivity index (χ1n) is 8.29. The molecule has 1 aromatic heterocycles. The summed E-state index contributed by atoms with van der Waals surface area (Å²) in [6, 6.07) is 8.93. The van der Waals surface area contributed by atoms with E-state index in [0.717, 1.165) is 0 Å². The normalized spacial score (nSPS) is 10.4. The molecule has 6 nitrogen and oxygen atoms in total. The summed E-state index contributed by atoms with van der Waals surface area (Å²) in [6.07, 6.45) is 1.80. The molecule has 0 saturated carbocycles. The van der Waals surface area contributed by atoms with Gasteiger partial charge in [-0.2, -0.15) is 5.26 Å². The Kier molecular flexibility index (Phi) is 6.63. The molecule has 0 fully saturated rings. The number of aromatic nitrogens is 1. The van der Waals surface area contributed by atoms with Crippen LogP contribution in [0.15, 0.2) is 36.5 Å². The minimum atomic E-state index is -0.799. The molecular formula is C20H11Cl3FN3O3. The first-order valence-corrected chi connectivity index (χ1v) is 9.43. The van der Waals surface area contributed by atoms with E-state index >= 15 is 0 Å². The van der Waals surface area contributed by atoms with E-state index < -0.39 is 11.7 Å². The van der Waals surface area contributed by atoms with Crippen LogP contribution in [-0.4, -0.2) is 17.2 Å². The summed E-state index contributed by atoms with van der Waals surface area (Å²) in [5.74, 6) is -1.58. The highest BCUT2D eigenvalue weighted by Gasteiger charge is 2.19. The first kappa shape index (κ1) is 21.7. The summed E-state index contributed by atoms with van der Waals surface area (Å²) in [4.78, 5) is 25.7. The van der Waals surface area contributed by atoms with E-state index in [2.05, 4.69) is 10.3 Å². The van der Waals surface area contributed by atoms with Crippen molar-refractivity contribution in [3.63, 3.8) is 0 Å². The lowest BCUT2D eigenvalue weighted by molar-refractivity contribution is 0.0946. The second-order valence-electron chi connectivity index (χ2n) is 5.97. The molecule has 2 N–H and O–H groups in total. The van der Waals surface area contributed by atoms with E-state index in [-0.39, 0.29) is 55.5 Å². The zero-order chi connectivity index (χ0) is 21.8. The molecule has 0 aliphatic carbocycles. The van der Waals surface area contributed by atoms with Gasteiger partial charge in [0.25, 0.3) is 5.91 Å². The van der Waals surface area contributed by atoms with Crippen molar-refractivity contribution < 1.29 is 18.7 Å². The van der Waals surface area contributed by atoms with Gasteiger partial charge in [0.1, 0.15) is 11.4 Å². The standard InChI is InChI=1S/C20H11Cl3FN3O3/c21-13-3-10(6-25)4-14(5-13)30-19-15(22)2-1-11(17(19)24)7-27-20(29)18-16(23)12(9-28)8-26-18/h1-5,8-9,26H,7H2,(H,27,29). The van der Waals surface area contributed by atoms with Crippen LogP contribution in [0.2, 0.25) is 15.1 Å². The van der Waals surface area contributed by atoms with E-state index in [1.165, 1.54) is 36.5 Å². The Balaban J connectivity index is 1.81. The van der Waals surface area contributed by atoms with Crippen LogP contribution in [0.25, 0.3) is 0 Å². The Morgan fingerprint density at radius 3 is 2.70 bits per heavy atom. The Morgan fingerprint density at radius 2 is 2.03 bits per heavy atom. The van der Waals surface area contributed by atoms with E-state index in [0.29, 0.717) is 6.29 Å². The number of H-pyrrole nitrogens is 1. The number of nitriles is 1. The van der Waals surface area contributed by atoms with Gasteiger partial charge in [-0.25, -0.2) is 4.39 Å². The molecule has 152 valence electrons. The van der Waals surface area contributed by atoms with Crippen LogP contribution in [-0.2, 0) is 6.54 Å². The lowest BCUT2D eigenvalue weighted by atomic mass is 10.2. The van der Waals surface area contributed by atoms with Gasteiger partial charge in [-0.15, -0.1) is 0 Å². The monoisotopic (exact) mass is 465 g/mol. The van der Waals surface area contributed by atoms with Crippen LogP contribution in [0.3, 0.4) is 0 Å². The molecule has 3 rings (SSSR count). The number of carbonyl (C=O) groups excluding carboxylic acids is 2. The van der Waals surface area contributed by atoms with Crippen LogP contribution >= 0.6 is 34.8 Å². The molecule has 1 heterocycles. The number of hydrogen-bond acceptors (Lipinski definition) is 4. The number of aromatic amines is 1. The predicted molar refractivity (Wildman–Crippen MR) is 110 cm³/mol. The molecular weight excluding hydrogens is 456 g/mol. The van der Waals surface area contributed by atoms with Crippen molar-refractivity contribution >= 4 is 47.0 Å². The molecule has 1 amide bonds. The van der Waals surface area contributed by atoms with Crippen LogP contribution in [0.1, 0.15) is 32.0 Å². The van der Waals surface area contributed by atoms with Crippen molar-refractivity contribution in [2.45, 2.75) is 6.54 Å². The molecule has 0 radical (unpaired) electrons. The van der Waals surface area contributed by atoms with Crippen molar-refractivity contribution in [1.29, 1.82) is 5.26 Å². The second kappa shape index (κ2) is 9.18. The molecule has 10 heteroatoms. The summed E-state index contributed by atoms with van der Waals surface area (Å²) in [7, 11) is 0. The average Bonchev–Trinajstić information content (AvgIpc) is 3.10. The largest absolute Gasteiger partial charge is 0.453 e. The fraction of sp³-hybridized carbons (Fsp3) is 0.0500. The van der Waals surface area contributed by atoms with Crippen molar-refractivity contribution in [2.24, 2.45) is 0 Å². The minimum Gasteiger partial charge on any atom is -0.453 e. The fourth-order valence-corrected chi connectivity index (χ4v) is 3.19. The molecule has 0 spiro atoms. The summed E-state index contributed by atoms with van der Waals surface area (Å²) >= 11 is 17.9. The van der Waals surface area contributed by atoms with Gasteiger partial charge in [-0.3, -0.25) is 9.59 Å². The molecule has 2 aromatic carbocycles. The highest BCUT2D eigenvalue weighted by atomic mass is 35.5. The number of hydrogen-bond donors (Lipinski definition) is 2. The lowest BCUT2D eigenvalue weighted by Crippen LogP contribution is -2.24. The Morgan fingerprint density at radius 1 is 1.27 bits per heavy atom. The maximum Gasteiger partial charge on any atom is 0.269 e. The van der Waals surface area contributed by atoms with Gasteiger partial charge < -0.3 is 15.0 Å². The van der Waals surface area contributed by atoms with E-state index in [1.54, 1.807) is 0 Å². The molecule has 3 aromatic rings. The van der Waals surface area contributed by atoms with E-state index in [9.17, 15) is 14.0 Å². The summed E-state index contributed by atoms with van der Waals surface area (Å²) in [6.45, 7) is -0.205. The van der Waals surface area contributed by atoms with E-state index in [4.69, 9.17) is 44.8 Å². The number of aldehydes is 1. The molecule has 0 atom stereocenters. The second-order valence-corrected chi connectivity index (χ2v) is 7.19. The lowest BCUT2D eigenvalue weighted by Gasteiger charge is -2.13. The van der Waals surface area contributed by atoms with E-state index in [1.807, 2.05) is 6.07 Å². The van der Waals surface area contributed by atoms with Crippen LogP contribution < -0.4 is 10.1 Å². The van der Waals surface area contributed by atoms with Crippen molar-refractivity contribution in [3.05, 3.63) is 79.8 Å². The maximum absolute atomic E-state index is 15.0. The number of rotatable bonds is 6. The molecule has 30 heavy (non-hydrogen) atoms. The summed E-state index contributed by atoms with van der Waals surface area (Å²) in [5.41, 5.74) is 0.430. The zero-order valence-electron chi connectivity index (χ0n) is 14.9. The van der Waals surface area contributed by atoms with Gasteiger partial charge in [0.15, 0.2) is 17.9 Å². The van der Waals surface area contributed by atoms with Gasteiger partial charge in [-0.05, 0) is 24.3 Å². The Hall–Kier alpha value is -3.05. The van der Waals surface area contributed by atoms with Crippen LogP contribution in [0, 0.1) is 17.1 Å². The molecule has 0 aliphatic heterocycles. The Labute approximate surface area is 185 Å². The Bertz CT molecular complexity index is 1190. The highest BCUT2D eigenvalue weighted by molar-refractivity contribution is 6.36. The summed E-state index contributed by atoms with van der Waals surface area (Å²) < 4.78 is 20.5. The third kappa shape index (κ3) is 4.57. The quantitative estimate of drug-likeness (QED) is 0.468. The number of amides is 1. The third-order valence-electron chi connectivity index (χ3n) is 3.99. The number of nitrogens with one attached hydrogen (secondary N) is 2. The molecule has 0 saturated heterocycles. The molecule has 0 unspecified atom stereocenters. The zero-order valence-corrected chi connectivity index (χ0v) is 17.2. The first-order chi connectivity index (χ1) is 14.3. The van der Waals surface area contributed by atoms with Gasteiger partial charge >= 0.3 is 0 Å². The van der Waals surface area contributed by atoms with Crippen molar-refractivity contribution in [2.75, 3.05) is 0 Å². The number of benzene rings is 2. The average molecular weight is 467 g/mol. The number of nitrogens with zero attached hydrogens (tertiary/aromatic N) is 1. The fourth-order valence-electron chi connectivity index (χ4n) is 2.54. The highest BCUT2D eigenvalue weighted by Crippen LogP contribution is 2.35. The van der Waals surface area contributed by atoms with Crippen LogP contribution in [0.4, 0.5) is 4.39 Å². The van der Waals surface area contributed by atoms with Gasteiger partial charge in [-0.1, -0.05) is 40.9 Å². The number of carbonyl (C=O) groups is 2. The van der Waals surface area contributed by atoms with Gasteiger partial charge in [0.2, 0.25) is 0 Å². The SMILES string of the molecule is N#Cc1cc(Cl)cc(Oc2c(Cl)ccc(CNC(=O)c3[nH]cc(C=O)c3Cl)c2F)c1. The van der Waals surface area contributed by atoms with Crippen molar-refractivity contribution in [3.8, 4) is 17.6 Å². The van der Waals surface area contributed by atoms with Gasteiger partial charge in [0.05, 0.1) is 27.2 Å². The van der Waals surface area contributed by atoms with Crippen LogP contribution in [0.5, 0.6) is 11.5 Å². The van der Waals surface area contributed by atoms with Crippen molar-refractivity contribution in [1.82, 2.24) is 10.3 Å². The smallest absolute Gasteiger partial charge is 0.269 e. The topological polar surface area (TPSA) is 95.0 Å². The maximum atomic E-state index is 15.0. The molecule has 0 aliphatic rings. The van der Waals surface area contributed by atoms with Gasteiger partial charge in [0, 0.05) is 23.3 Å². The summed E-state index contributed by atoms with van der Waals surface area (Å²) in [5, 5.41) is 11.7. The molecule has 0 bridgehead atoms. The number of ether oxygens (including phenoxy) is 1. The minimum absolute atomic E-state index is 0.0101. The number of halogens is 4. The predicted octanol–water partition coefficient (Wildman–Crippen LogP) is 5.52.